The van der Waals surface area contributed by atoms with Gasteiger partial charge in [-0.1, -0.05) is 24.3 Å². The van der Waals surface area contributed by atoms with Crippen LogP contribution in [0.2, 0.25) is 0 Å². The van der Waals surface area contributed by atoms with Gasteiger partial charge >= 0.3 is 12.4 Å². The summed E-state index contributed by atoms with van der Waals surface area (Å²) in [6, 6.07) is 14.6. The summed E-state index contributed by atoms with van der Waals surface area (Å²) < 4.78 is 86.1. The smallest absolute Gasteiger partial charge is 0.373 e. The SMILES string of the molecule is CC1CN(Cc2nc(Nc3ccc(C(F)(F)F)cc3)c3ccc(-c4ccccc4C(F)(F)F)cc3n2)CC(C)O1. The third-order valence-corrected chi connectivity index (χ3v) is 6.62. The molecule has 0 spiro atoms. The molecule has 3 aromatic carbocycles. The van der Waals surface area contributed by atoms with Gasteiger partial charge in [0, 0.05) is 24.2 Å². The minimum atomic E-state index is -4.54. The Hall–Kier alpha value is -3.70. The Morgan fingerprint density at radius 1 is 0.850 bits per heavy atom. The molecule has 0 aliphatic carbocycles. The highest BCUT2D eigenvalue weighted by Crippen LogP contribution is 2.38. The standard InChI is InChI=1S/C29H26F6N4O/c1-17-14-39(15-18(2)40-17)16-26-37-25-13-19(22-5-3-4-6-24(22)29(33,34)35)7-12-23(25)27(38-26)36-21-10-8-20(9-11-21)28(30,31)32/h3-13,17-18H,14-16H2,1-2H3,(H,36,37,38). The lowest BCUT2D eigenvalue weighted by Crippen LogP contribution is -2.45. The Labute approximate surface area is 226 Å². The quantitative estimate of drug-likeness (QED) is 0.254. The van der Waals surface area contributed by atoms with Gasteiger partial charge in [-0.3, -0.25) is 4.90 Å². The third-order valence-electron chi connectivity index (χ3n) is 6.62. The van der Waals surface area contributed by atoms with Crippen LogP contribution in [-0.4, -0.2) is 40.2 Å². The molecule has 0 radical (unpaired) electrons. The number of nitrogens with one attached hydrogen (secondary N) is 1. The molecule has 0 bridgehead atoms. The number of hydrogen-bond acceptors (Lipinski definition) is 5. The molecule has 5 rings (SSSR count). The first-order chi connectivity index (χ1) is 18.9. The predicted molar refractivity (Wildman–Crippen MR) is 140 cm³/mol. The number of morpholine rings is 1. The monoisotopic (exact) mass is 560 g/mol. The molecule has 11 heteroatoms. The molecule has 5 nitrogen and oxygen atoms in total. The maximum absolute atomic E-state index is 13.7. The molecule has 4 aromatic rings. The second-order valence-corrected chi connectivity index (χ2v) is 9.92. The van der Waals surface area contributed by atoms with Gasteiger partial charge in [0.2, 0.25) is 0 Å². The second-order valence-electron chi connectivity index (χ2n) is 9.92. The van der Waals surface area contributed by atoms with Crippen LogP contribution in [0.25, 0.3) is 22.0 Å². The summed E-state index contributed by atoms with van der Waals surface area (Å²) in [5, 5.41) is 3.59. The molecule has 210 valence electrons. The van der Waals surface area contributed by atoms with Crippen molar-refractivity contribution in [3.8, 4) is 11.1 Å². The zero-order chi connectivity index (χ0) is 28.7. The zero-order valence-electron chi connectivity index (χ0n) is 21.6. The van der Waals surface area contributed by atoms with Crippen LogP contribution in [0, 0.1) is 0 Å². The predicted octanol–water partition coefficient (Wildman–Crippen LogP) is 7.69. The molecule has 2 heterocycles. The van der Waals surface area contributed by atoms with Crippen LogP contribution in [0.5, 0.6) is 0 Å². The van der Waals surface area contributed by atoms with Crippen molar-refractivity contribution in [1.29, 1.82) is 0 Å². The number of fused-ring (bicyclic) bond motifs is 1. The van der Waals surface area contributed by atoms with E-state index in [-0.39, 0.29) is 17.8 Å². The molecule has 1 aliphatic heterocycles. The van der Waals surface area contributed by atoms with Gasteiger partial charge in [0.1, 0.15) is 11.6 Å². The molecule has 40 heavy (non-hydrogen) atoms. The maximum atomic E-state index is 13.7. The number of benzene rings is 3. The highest BCUT2D eigenvalue weighted by Gasteiger charge is 2.33. The van der Waals surface area contributed by atoms with Crippen LogP contribution in [0.3, 0.4) is 0 Å². The van der Waals surface area contributed by atoms with Crippen molar-refractivity contribution in [3.05, 3.63) is 83.7 Å². The fourth-order valence-corrected chi connectivity index (χ4v) is 4.99. The van der Waals surface area contributed by atoms with Gasteiger partial charge in [-0.05, 0) is 67.4 Å². The van der Waals surface area contributed by atoms with E-state index in [1.807, 2.05) is 13.8 Å². The molecule has 1 fully saturated rings. The van der Waals surface area contributed by atoms with Gasteiger partial charge in [0.15, 0.2) is 0 Å². The lowest BCUT2D eigenvalue weighted by atomic mass is 9.98. The summed E-state index contributed by atoms with van der Waals surface area (Å²) in [5.41, 5.74) is -0.413. The van der Waals surface area contributed by atoms with Crippen LogP contribution in [0.4, 0.5) is 37.8 Å². The number of nitrogens with zero attached hydrogens (tertiary/aromatic N) is 3. The number of ether oxygens (including phenoxy) is 1. The van der Waals surface area contributed by atoms with Crippen molar-refractivity contribution < 1.29 is 31.1 Å². The van der Waals surface area contributed by atoms with E-state index in [1.54, 1.807) is 24.3 Å². The van der Waals surface area contributed by atoms with Crippen molar-refractivity contribution in [2.75, 3.05) is 18.4 Å². The first kappa shape index (κ1) is 27.9. The Morgan fingerprint density at radius 2 is 1.52 bits per heavy atom. The van der Waals surface area contributed by atoms with E-state index in [0.29, 0.717) is 53.4 Å². The van der Waals surface area contributed by atoms with Gasteiger partial charge in [-0.15, -0.1) is 0 Å². The Bertz CT molecular complexity index is 1490. The van der Waals surface area contributed by atoms with Gasteiger partial charge in [0.25, 0.3) is 0 Å². The summed E-state index contributed by atoms with van der Waals surface area (Å²) in [5.74, 6) is 0.759. The van der Waals surface area contributed by atoms with E-state index in [2.05, 4.69) is 20.2 Å². The van der Waals surface area contributed by atoms with Gasteiger partial charge in [-0.25, -0.2) is 9.97 Å². The zero-order valence-corrected chi connectivity index (χ0v) is 21.6. The van der Waals surface area contributed by atoms with Crippen LogP contribution < -0.4 is 5.32 Å². The summed E-state index contributed by atoms with van der Waals surface area (Å²) >= 11 is 0. The summed E-state index contributed by atoms with van der Waals surface area (Å²) in [7, 11) is 0. The average molecular weight is 561 g/mol. The summed E-state index contributed by atoms with van der Waals surface area (Å²) in [4.78, 5) is 11.5. The highest BCUT2D eigenvalue weighted by molar-refractivity contribution is 5.93. The van der Waals surface area contributed by atoms with E-state index in [9.17, 15) is 26.3 Å². The van der Waals surface area contributed by atoms with Crippen LogP contribution >= 0.6 is 0 Å². The van der Waals surface area contributed by atoms with Crippen molar-refractivity contribution in [2.45, 2.75) is 45.0 Å². The lowest BCUT2D eigenvalue weighted by Gasteiger charge is -2.34. The van der Waals surface area contributed by atoms with Crippen molar-refractivity contribution in [2.24, 2.45) is 0 Å². The first-order valence-corrected chi connectivity index (χ1v) is 12.7. The van der Waals surface area contributed by atoms with Gasteiger partial charge in [0.05, 0.1) is 35.4 Å². The minimum Gasteiger partial charge on any atom is -0.373 e. The number of hydrogen-bond donors (Lipinski definition) is 1. The number of halogens is 6. The van der Waals surface area contributed by atoms with E-state index < -0.39 is 23.5 Å². The Balaban J connectivity index is 1.57. The maximum Gasteiger partial charge on any atom is 0.417 e. The minimum absolute atomic E-state index is 0.000535. The number of rotatable bonds is 5. The van der Waals surface area contributed by atoms with Crippen molar-refractivity contribution in [3.63, 3.8) is 0 Å². The molecule has 1 N–H and O–H groups in total. The molecule has 2 unspecified atom stereocenters. The largest absolute Gasteiger partial charge is 0.417 e. The second kappa shape index (κ2) is 10.7. The average Bonchev–Trinajstić information content (AvgIpc) is 2.87. The van der Waals surface area contributed by atoms with E-state index in [4.69, 9.17) is 4.74 Å². The van der Waals surface area contributed by atoms with Gasteiger partial charge < -0.3 is 10.1 Å². The molecular weight excluding hydrogens is 534 g/mol. The first-order valence-electron chi connectivity index (χ1n) is 12.7. The van der Waals surface area contributed by atoms with Crippen LogP contribution in [-0.2, 0) is 23.6 Å². The molecule has 2 atom stereocenters. The van der Waals surface area contributed by atoms with Crippen LogP contribution in [0.15, 0.2) is 66.7 Å². The van der Waals surface area contributed by atoms with E-state index in [1.165, 1.54) is 24.3 Å². The number of anilines is 2. The van der Waals surface area contributed by atoms with Crippen LogP contribution in [0.1, 0.15) is 30.8 Å². The Kier molecular flexibility index (Phi) is 7.45. The van der Waals surface area contributed by atoms with Crippen molar-refractivity contribution in [1.82, 2.24) is 14.9 Å². The summed E-state index contributed by atoms with van der Waals surface area (Å²) in [6.07, 6.45) is -9.01. The third kappa shape index (κ3) is 6.20. The van der Waals surface area contributed by atoms with E-state index in [0.717, 1.165) is 18.2 Å². The molecule has 1 aromatic heterocycles. The fourth-order valence-electron chi connectivity index (χ4n) is 4.99. The fraction of sp³-hybridized carbons (Fsp3) is 0.310. The molecule has 1 aliphatic rings. The van der Waals surface area contributed by atoms with E-state index >= 15 is 0 Å². The molecule has 1 saturated heterocycles. The van der Waals surface area contributed by atoms with Crippen molar-refractivity contribution >= 4 is 22.4 Å². The topological polar surface area (TPSA) is 50.3 Å². The normalized spacial score (nSPS) is 18.7. The molecule has 0 amide bonds. The molecule has 0 saturated carbocycles. The lowest BCUT2D eigenvalue weighted by molar-refractivity contribution is -0.138. The number of alkyl halides is 6. The highest BCUT2D eigenvalue weighted by atomic mass is 19.4. The molecular formula is C29H26F6N4O. The number of aromatic nitrogens is 2. The Morgan fingerprint density at radius 3 is 2.17 bits per heavy atom. The summed E-state index contributed by atoms with van der Waals surface area (Å²) in [6.45, 7) is 5.58. The van der Waals surface area contributed by atoms with Gasteiger partial charge in [-0.2, -0.15) is 26.3 Å².